The standard InChI is InChI=1S/C34H65NO8/c1-5-6-7-8-9-10-11-12-13-14-15-16-17-18-19-21-24-35-34(36)42-27-29-32(38-3)33(39-4)31(37-2)28(43-29)26-41-30-23-20-22-25-40-30/h28-33H,5-27H2,1-4H3,(H,35,36)/t28-,29+,30?,31-,32+,33+/m1/s1. The minimum absolute atomic E-state index is 0.0516. The van der Waals surface area contributed by atoms with Crippen molar-refractivity contribution in [1.29, 1.82) is 0 Å². The van der Waals surface area contributed by atoms with Crippen LogP contribution in [0.5, 0.6) is 0 Å². The maximum Gasteiger partial charge on any atom is 0.407 e. The van der Waals surface area contributed by atoms with Crippen LogP contribution in [-0.4, -0.2) is 90.6 Å². The molecule has 9 nitrogen and oxygen atoms in total. The van der Waals surface area contributed by atoms with Crippen LogP contribution in [0.25, 0.3) is 0 Å². The number of methoxy groups -OCH3 is 3. The Labute approximate surface area is 262 Å². The molecule has 9 heteroatoms. The molecule has 0 aromatic rings. The first-order valence-corrected chi connectivity index (χ1v) is 17.5. The number of hydrogen-bond acceptors (Lipinski definition) is 8. The highest BCUT2D eigenvalue weighted by Gasteiger charge is 2.47. The summed E-state index contributed by atoms with van der Waals surface area (Å²) < 4.78 is 40.7. The summed E-state index contributed by atoms with van der Waals surface area (Å²) in [6.45, 7) is 3.94. The molecule has 0 aromatic carbocycles. The molecule has 0 bridgehead atoms. The van der Waals surface area contributed by atoms with Crippen LogP contribution in [0.4, 0.5) is 4.79 Å². The fraction of sp³-hybridized carbons (Fsp3) is 0.971. The number of nitrogens with one attached hydrogen (secondary N) is 1. The van der Waals surface area contributed by atoms with Gasteiger partial charge in [-0.2, -0.15) is 0 Å². The lowest BCUT2D eigenvalue weighted by molar-refractivity contribution is -0.269. The summed E-state index contributed by atoms with van der Waals surface area (Å²) in [5.41, 5.74) is 0. The Bertz CT molecular complexity index is 662. The maximum atomic E-state index is 12.4. The zero-order valence-electron chi connectivity index (χ0n) is 28.0. The van der Waals surface area contributed by atoms with Gasteiger partial charge in [0.15, 0.2) is 6.29 Å². The molecule has 2 aliphatic rings. The van der Waals surface area contributed by atoms with Crippen LogP contribution in [0, 0.1) is 0 Å². The molecule has 2 aliphatic heterocycles. The number of carbonyl (C=O) groups excluding carboxylic acids is 1. The highest BCUT2D eigenvalue weighted by Crippen LogP contribution is 2.28. The van der Waals surface area contributed by atoms with Gasteiger partial charge < -0.3 is 38.5 Å². The van der Waals surface area contributed by atoms with Crippen molar-refractivity contribution >= 4 is 6.09 Å². The molecule has 1 unspecified atom stereocenters. The third-order valence-electron chi connectivity index (χ3n) is 8.81. The summed E-state index contributed by atoms with van der Waals surface area (Å²) in [6.07, 6.45) is 21.4. The SMILES string of the molecule is CCCCCCCCCCCCCCCCCCNC(=O)OC[C@@H]1O[C@H](COC2CCCCO2)[C@@H](OC)[C@H](OC)[C@H]1OC. The number of unbranched alkanes of at least 4 members (excludes halogenated alkanes) is 15. The molecule has 2 fully saturated rings. The van der Waals surface area contributed by atoms with Crippen molar-refractivity contribution in [2.75, 3.05) is 47.7 Å². The molecular formula is C34H65NO8. The summed E-state index contributed by atoms with van der Waals surface area (Å²) >= 11 is 0. The number of alkyl carbamates (subject to hydrolysis) is 1. The fourth-order valence-corrected chi connectivity index (χ4v) is 6.21. The molecule has 43 heavy (non-hydrogen) atoms. The van der Waals surface area contributed by atoms with Crippen LogP contribution in [0.3, 0.4) is 0 Å². The van der Waals surface area contributed by atoms with Crippen molar-refractivity contribution in [3.63, 3.8) is 0 Å². The lowest BCUT2D eigenvalue weighted by Crippen LogP contribution is -2.62. The van der Waals surface area contributed by atoms with Crippen LogP contribution in [0.15, 0.2) is 0 Å². The van der Waals surface area contributed by atoms with Gasteiger partial charge >= 0.3 is 6.09 Å². The second-order valence-electron chi connectivity index (χ2n) is 12.3. The van der Waals surface area contributed by atoms with Crippen molar-refractivity contribution in [2.45, 2.75) is 166 Å². The lowest BCUT2D eigenvalue weighted by atomic mass is 9.94. The predicted octanol–water partition coefficient (Wildman–Crippen LogP) is 7.33. The van der Waals surface area contributed by atoms with E-state index in [-0.39, 0.29) is 12.9 Å². The Balaban J connectivity index is 1.53. The molecule has 6 atom stereocenters. The van der Waals surface area contributed by atoms with E-state index in [1.165, 1.54) is 89.9 Å². The van der Waals surface area contributed by atoms with Crippen molar-refractivity contribution in [3.8, 4) is 0 Å². The van der Waals surface area contributed by atoms with Crippen molar-refractivity contribution < 1.29 is 38.0 Å². The van der Waals surface area contributed by atoms with Crippen molar-refractivity contribution in [2.24, 2.45) is 0 Å². The Morgan fingerprint density at radius 2 is 1.19 bits per heavy atom. The summed E-state index contributed by atoms with van der Waals surface area (Å²) in [4.78, 5) is 12.4. The van der Waals surface area contributed by atoms with Gasteiger partial charge in [-0.3, -0.25) is 0 Å². The zero-order chi connectivity index (χ0) is 31.0. The number of amides is 1. The van der Waals surface area contributed by atoms with Gasteiger partial charge in [-0.15, -0.1) is 0 Å². The van der Waals surface area contributed by atoms with Crippen LogP contribution >= 0.6 is 0 Å². The molecule has 2 heterocycles. The van der Waals surface area contributed by atoms with E-state index >= 15 is 0 Å². The Morgan fingerprint density at radius 3 is 1.67 bits per heavy atom. The van der Waals surface area contributed by atoms with Crippen LogP contribution in [0.2, 0.25) is 0 Å². The Kier molecular flexibility index (Phi) is 22.4. The van der Waals surface area contributed by atoms with E-state index in [1.807, 2.05) is 0 Å². The molecular weight excluding hydrogens is 550 g/mol. The Hall–Kier alpha value is -0.970. The van der Waals surface area contributed by atoms with Gasteiger partial charge in [0.05, 0.1) is 6.61 Å². The first-order valence-electron chi connectivity index (χ1n) is 17.5. The molecule has 2 rings (SSSR count). The monoisotopic (exact) mass is 615 g/mol. The minimum Gasteiger partial charge on any atom is -0.447 e. The summed E-state index contributed by atoms with van der Waals surface area (Å²) in [5.74, 6) is 0. The lowest BCUT2D eigenvalue weighted by Gasteiger charge is -2.45. The smallest absolute Gasteiger partial charge is 0.407 e. The van der Waals surface area contributed by atoms with Crippen LogP contribution < -0.4 is 5.32 Å². The van der Waals surface area contributed by atoms with Gasteiger partial charge in [0.2, 0.25) is 0 Å². The number of hydrogen-bond donors (Lipinski definition) is 1. The minimum atomic E-state index is -0.511. The second-order valence-corrected chi connectivity index (χ2v) is 12.3. The van der Waals surface area contributed by atoms with Gasteiger partial charge in [0, 0.05) is 34.5 Å². The van der Waals surface area contributed by atoms with E-state index in [0.29, 0.717) is 19.8 Å². The first-order chi connectivity index (χ1) is 21.1. The largest absolute Gasteiger partial charge is 0.447 e. The molecule has 0 saturated carbocycles. The van der Waals surface area contributed by atoms with Crippen molar-refractivity contribution in [1.82, 2.24) is 5.32 Å². The second kappa shape index (κ2) is 25.2. The predicted molar refractivity (Wildman–Crippen MR) is 169 cm³/mol. The number of rotatable bonds is 25. The molecule has 0 radical (unpaired) electrons. The topological polar surface area (TPSA) is 93.7 Å². The van der Waals surface area contributed by atoms with Crippen molar-refractivity contribution in [3.05, 3.63) is 0 Å². The summed E-state index contributed by atoms with van der Waals surface area (Å²) in [6, 6.07) is 0. The first kappa shape index (κ1) is 38.2. The van der Waals surface area contributed by atoms with Gasteiger partial charge in [-0.1, -0.05) is 103 Å². The molecule has 1 N–H and O–H groups in total. The molecule has 254 valence electrons. The van der Waals surface area contributed by atoms with Crippen LogP contribution in [-0.2, 0) is 33.2 Å². The van der Waals surface area contributed by atoms with Crippen LogP contribution in [0.1, 0.15) is 129 Å². The van der Waals surface area contributed by atoms with Gasteiger partial charge in [0.1, 0.15) is 37.1 Å². The van der Waals surface area contributed by atoms with Gasteiger partial charge in [-0.05, 0) is 25.7 Å². The van der Waals surface area contributed by atoms with E-state index in [9.17, 15) is 4.79 Å². The number of ether oxygens (including phenoxy) is 7. The summed E-state index contributed by atoms with van der Waals surface area (Å²) in [5, 5.41) is 2.87. The molecule has 1 amide bonds. The zero-order valence-corrected chi connectivity index (χ0v) is 28.0. The molecule has 2 saturated heterocycles. The quantitative estimate of drug-likeness (QED) is 0.107. The molecule has 0 aliphatic carbocycles. The average Bonchev–Trinajstić information content (AvgIpc) is 3.03. The van der Waals surface area contributed by atoms with Gasteiger partial charge in [0.25, 0.3) is 0 Å². The third kappa shape index (κ3) is 16.2. The Morgan fingerprint density at radius 1 is 0.674 bits per heavy atom. The summed E-state index contributed by atoms with van der Waals surface area (Å²) in [7, 11) is 4.85. The van der Waals surface area contributed by atoms with E-state index < -0.39 is 36.6 Å². The molecule has 0 spiro atoms. The normalized spacial score (nSPS) is 26.0. The van der Waals surface area contributed by atoms with E-state index in [4.69, 9.17) is 33.2 Å². The third-order valence-corrected chi connectivity index (χ3v) is 8.81. The van der Waals surface area contributed by atoms with E-state index in [2.05, 4.69) is 12.2 Å². The van der Waals surface area contributed by atoms with E-state index in [0.717, 1.165) is 32.1 Å². The fourth-order valence-electron chi connectivity index (χ4n) is 6.21. The average molecular weight is 616 g/mol. The highest BCUT2D eigenvalue weighted by molar-refractivity contribution is 5.67. The maximum absolute atomic E-state index is 12.4. The number of carbonyl (C=O) groups is 1. The van der Waals surface area contributed by atoms with E-state index in [1.54, 1.807) is 21.3 Å². The van der Waals surface area contributed by atoms with Gasteiger partial charge in [-0.25, -0.2) is 4.79 Å². The highest BCUT2D eigenvalue weighted by atomic mass is 16.7. The molecule has 0 aromatic heterocycles.